The number of benzene rings is 4. The Labute approximate surface area is 220 Å². The molecule has 0 aromatic heterocycles. The van der Waals surface area contributed by atoms with Gasteiger partial charge >= 0.3 is 5.97 Å². The molecule has 1 heterocycles. The summed E-state index contributed by atoms with van der Waals surface area (Å²) in [7, 11) is 0. The lowest BCUT2D eigenvalue weighted by Crippen LogP contribution is -2.48. The van der Waals surface area contributed by atoms with E-state index in [0.29, 0.717) is 12.8 Å². The predicted octanol–water partition coefficient (Wildman–Crippen LogP) is 6.84. The number of rotatable bonds is 8. The molecule has 0 unspecified atom stereocenters. The van der Waals surface area contributed by atoms with Crippen molar-refractivity contribution in [3.05, 3.63) is 143 Å². The highest BCUT2D eigenvalue weighted by molar-refractivity contribution is 5.81. The molecule has 0 atom stereocenters. The molecule has 1 aliphatic rings. The molecule has 1 fully saturated rings. The SMILES string of the molecule is Cc1ccc(C2(C(=O)O)CCN(CCC(c3ccccc3)(c3ccccc3)c3ccccc3)CC2)cc1. The highest BCUT2D eigenvalue weighted by Crippen LogP contribution is 2.43. The second-order valence-corrected chi connectivity index (χ2v) is 10.3. The molecular formula is C34H35NO2. The van der Waals surface area contributed by atoms with E-state index in [1.165, 1.54) is 16.7 Å². The maximum Gasteiger partial charge on any atom is 0.314 e. The molecule has 3 nitrogen and oxygen atoms in total. The average molecular weight is 490 g/mol. The van der Waals surface area contributed by atoms with Gasteiger partial charge in [-0.1, -0.05) is 121 Å². The first-order valence-corrected chi connectivity index (χ1v) is 13.2. The molecule has 0 amide bonds. The van der Waals surface area contributed by atoms with Crippen molar-refractivity contribution in [3.63, 3.8) is 0 Å². The Bertz CT molecular complexity index is 1200. The molecule has 5 rings (SSSR count). The molecule has 0 spiro atoms. The van der Waals surface area contributed by atoms with Gasteiger partial charge in [-0.05, 0) is 68.1 Å². The zero-order valence-electron chi connectivity index (χ0n) is 21.5. The Kier molecular flexibility index (Phi) is 7.25. The molecule has 37 heavy (non-hydrogen) atoms. The molecule has 1 saturated heterocycles. The molecule has 0 saturated carbocycles. The Morgan fingerprint density at radius 3 is 1.57 bits per heavy atom. The first kappa shape index (κ1) is 25.0. The van der Waals surface area contributed by atoms with Gasteiger partial charge in [0.1, 0.15) is 0 Å². The number of piperidine rings is 1. The summed E-state index contributed by atoms with van der Waals surface area (Å²) in [5.41, 5.74) is 4.83. The van der Waals surface area contributed by atoms with E-state index in [2.05, 4.69) is 95.9 Å². The minimum atomic E-state index is -0.806. The largest absolute Gasteiger partial charge is 0.481 e. The van der Waals surface area contributed by atoms with Crippen molar-refractivity contribution in [1.82, 2.24) is 4.90 Å². The summed E-state index contributed by atoms with van der Waals surface area (Å²) in [4.78, 5) is 15.0. The van der Waals surface area contributed by atoms with E-state index in [1.54, 1.807) is 0 Å². The van der Waals surface area contributed by atoms with Gasteiger partial charge in [0.15, 0.2) is 0 Å². The Balaban J connectivity index is 1.44. The van der Waals surface area contributed by atoms with Crippen LogP contribution in [0.5, 0.6) is 0 Å². The van der Waals surface area contributed by atoms with Gasteiger partial charge < -0.3 is 10.0 Å². The van der Waals surface area contributed by atoms with Crippen LogP contribution in [0, 0.1) is 6.92 Å². The molecule has 0 radical (unpaired) electrons. The van der Waals surface area contributed by atoms with Crippen LogP contribution >= 0.6 is 0 Å². The molecule has 3 heteroatoms. The van der Waals surface area contributed by atoms with Crippen LogP contribution in [0.15, 0.2) is 115 Å². The molecule has 0 aliphatic carbocycles. The minimum absolute atomic E-state index is 0.290. The molecule has 0 bridgehead atoms. The summed E-state index contributed by atoms with van der Waals surface area (Å²) >= 11 is 0. The van der Waals surface area contributed by atoms with E-state index in [9.17, 15) is 9.90 Å². The highest BCUT2D eigenvalue weighted by atomic mass is 16.4. The fourth-order valence-corrected chi connectivity index (χ4v) is 6.08. The van der Waals surface area contributed by atoms with Crippen molar-refractivity contribution < 1.29 is 9.90 Å². The van der Waals surface area contributed by atoms with Crippen LogP contribution < -0.4 is 0 Å². The molecule has 4 aromatic rings. The Hall–Kier alpha value is -3.69. The Morgan fingerprint density at radius 1 is 0.730 bits per heavy atom. The maximum absolute atomic E-state index is 12.5. The fraction of sp³-hybridized carbons (Fsp3) is 0.265. The summed E-state index contributed by atoms with van der Waals surface area (Å²) in [6, 6.07) is 40.5. The monoisotopic (exact) mass is 489 g/mol. The van der Waals surface area contributed by atoms with Gasteiger partial charge in [-0.2, -0.15) is 0 Å². The number of carboxylic acids is 1. The highest BCUT2D eigenvalue weighted by Gasteiger charge is 2.44. The van der Waals surface area contributed by atoms with Crippen LogP contribution in [0.2, 0.25) is 0 Å². The third-order valence-electron chi connectivity index (χ3n) is 8.33. The van der Waals surface area contributed by atoms with E-state index in [4.69, 9.17) is 0 Å². The summed E-state index contributed by atoms with van der Waals surface area (Å²) in [6.07, 6.45) is 2.16. The minimum Gasteiger partial charge on any atom is -0.481 e. The average Bonchev–Trinajstić information content (AvgIpc) is 2.96. The lowest BCUT2D eigenvalue weighted by molar-refractivity contribution is -0.146. The number of nitrogens with zero attached hydrogens (tertiary/aromatic N) is 1. The van der Waals surface area contributed by atoms with Gasteiger partial charge in [-0.3, -0.25) is 4.79 Å². The zero-order valence-corrected chi connectivity index (χ0v) is 21.5. The van der Waals surface area contributed by atoms with Crippen molar-refractivity contribution in [2.24, 2.45) is 0 Å². The molecule has 1 N–H and O–H groups in total. The summed E-state index contributed by atoms with van der Waals surface area (Å²) in [5.74, 6) is -0.705. The van der Waals surface area contributed by atoms with Gasteiger partial charge in [0, 0.05) is 5.41 Å². The predicted molar refractivity (Wildman–Crippen MR) is 150 cm³/mol. The maximum atomic E-state index is 12.5. The first-order valence-electron chi connectivity index (χ1n) is 13.2. The summed E-state index contributed by atoms with van der Waals surface area (Å²) < 4.78 is 0. The van der Waals surface area contributed by atoms with Crippen LogP contribution in [0.1, 0.15) is 47.1 Å². The van der Waals surface area contributed by atoms with Crippen LogP contribution in [-0.2, 0) is 15.6 Å². The molecular weight excluding hydrogens is 454 g/mol. The van der Waals surface area contributed by atoms with Crippen LogP contribution in [0.25, 0.3) is 0 Å². The lowest BCUT2D eigenvalue weighted by atomic mass is 9.67. The van der Waals surface area contributed by atoms with Gasteiger partial charge in [0.2, 0.25) is 0 Å². The van der Waals surface area contributed by atoms with E-state index in [1.807, 2.05) is 31.2 Å². The van der Waals surface area contributed by atoms with E-state index >= 15 is 0 Å². The van der Waals surface area contributed by atoms with Gasteiger partial charge in [0.05, 0.1) is 5.41 Å². The lowest BCUT2D eigenvalue weighted by Gasteiger charge is -2.42. The number of carboxylic acid groups (broad SMARTS) is 1. The normalized spacial score (nSPS) is 15.8. The third-order valence-corrected chi connectivity index (χ3v) is 8.33. The van der Waals surface area contributed by atoms with Gasteiger partial charge in [0.25, 0.3) is 0 Å². The second-order valence-electron chi connectivity index (χ2n) is 10.3. The van der Waals surface area contributed by atoms with Crippen LogP contribution in [0.4, 0.5) is 0 Å². The first-order chi connectivity index (χ1) is 18.0. The number of likely N-dealkylation sites (tertiary alicyclic amines) is 1. The molecule has 1 aliphatic heterocycles. The number of hydrogen-bond donors (Lipinski definition) is 1. The summed E-state index contributed by atoms with van der Waals surface area (Å²) in [5, 5.41) is 10.3. The zero-order chi connectivity index (χ0) is 25.7. The molecule has 4 aromatic carbocycles. The van der Waals surface area contributed by atoms with E-state index in [-0.39, 0.29) is 5.41 Å². The molecule has 188 valence electrons. The van der Waals surface area contributed by atoms with E-state index < -0.39 is 11.4 Å². The van der Waals surface area contributed by atoms with Crippen molar-refractivity contribution in [3.8, 4) is 0 Å². The van der Waals surface area contributed by atoms with Crippen molar-refractivity contribution in [2.75, 3.05) is 19.6 Å². The second kappa shape index (κ2) is 10.7. The topological polar surface area (TPSA) is 40.5 Å². The summed E-state index contributed by atoms with van der Waals surface area (Å²) in [6.45, 7) is 4.48. The van der Waals surface area contributed by atoms with Gasteiger partial charge in [-0.25, -0.2) is 0 Å². The van der Waals surface area contributed by atoms with Crippen molar-refractivity contribution in [1.29, 1.82) is 0 Å². The number of aryl methyl sites for hydroxylation is 1. The number of hydrogen-bond acceptors (Lipinski definition) is 2. The van der Waals surface area contributed by atoms with Crippen LogP contribution in [0.3, 0.4) is 0 Å². The fourth-order valence-electron chi connectivity index (χ4n) is 6.08. The standard InChI is InChI=1S/C34H35NO2/c1-27-17-19-28(20-18-27)33(32(36)37)21-24-35(25-22-33)26-23-34(29-11-5-2-6-12-29,30-13-7-3-8-14-30)31-15-9-4-10-16-31/h2-20H,21-26H2,1H3,(H,36,37). The quantitative estimate of drug-likeness (QED) is 0.276. The van der Waals surface area contributed by atoms with Crippen molar-refractivity contribution >= 4 is 5.97 Å². The van der Waals surface area contributed by atoms with E-state index in [0.717, 1.165) is 37.2 Å². The van der Waals surface area contributed by atoms with Gasteiger partial charge in [-0.15, -0.1) is 0 Å². The number of carbonyl (C=O) groups is 1. The third kappa shape index (κ3) is 4.84. The number of aliphatic carboxylic acids is 1. The van der Waals surface area contributed by atoms with Crippen molar-refractivity contribution in [2.45, 2.75) is 37.0 Å². The smallest absolute Gasteiger partial charge is 0.314 e. The Morgan fingerprint density at radius 2 is 1.16 bits per heavy atom. The van der Waals surface area contributed by atoms with Crippen LogP contribution in [-0.4, -0.2) is 35.6 Å².